The molecule has 0 heterocycles. The second-order valence-electron chi connectivity index (χ2n) is 5.33. The first-order chi connectivity index (χ1) is 9.24. The van der Waals surface area contributed by atoms with Gasteiger partial charge in [-0.2, -0.15) is 0 Å². The summed E-state index contributed by atoms with van der Waals surface area (Å²) in [7, 11) is 0. The van der Waals surface area contributed by atoms with Crippen molar-refractivity contribution in [3.05, 3.63) is 64.7 Å². The van der Waals surface area contributed by atoms with Crippen LogP contribution in [0.5, 0.6) is 0 Å². The fourth-order valence-electron chi connectivity index (χ4n) is 2.72. The summed E-state index contributed by atoms with van der Waals surface area (Å²) in [6.07, 6.45) is 2.41. The van der Waals surface area contributed by atoms with Crippen LogP contribution in [0.4, 0.5) is 5.69 Å². The van der Waals surface area contributed by atoms with E-state index in [9.17, 15) is 0 Å². The van der Waals surface area contributed by atoms with E-state index in [-0.39, 0.29) is 0 Å². The molecule has 2 aromatic carbocycles. The molecule has 0 spiro atoms. The van der Waals surface area contributed by atoms with Gasteiger partial charge in [-0.25, -0.2) is 0 Å². The molecule has 1 fully saturated rings. The predicted octanol–water partition coefficient (Wildman–Crippen LogP) is 5.01. The van der Waals surface area contributed by atoms with Crippen molar-refractivity contribution in [3.8, 4) is 0 Å². The molecular formula is C17H18ClN. The zero-order valence-corrected chi connectivity index (χ0v) is 11.8. The lowest BCUT2D eigenvalue weighted by Gasteiger charge is -2.37. The van der Waals surface area contributed by atoms with E-state index < -0.39 is 0 Å². The first-order valence-corrected chi connectivity index (χ1v) is 7.18. The number of anilines is 1. The molecule has 0 aromatic heterocycles. The fourth-order valence-corrected chi connectivity index (χ4v) is 2.89. The quantitative estimate of drug-likeness (QED) is 0.828. The second kappa shape index (κ2) is 5.26. The van der Waals surface area contributed by atoms with E-state index in [0.717, 1.165) is 10.6 Å². The molecule has 1 aliphatic rings. The molecule has 98 valence electrons. The van der Waals surface area contributed by atoms with E-state index in [4.69, 9.17) is 11.6 Å². The third kappa shape index (κ3) is 2.62. The van der Waals surface area contributed by atoms with Crippen LogP contribution < -0.4 is 5.32 Å². The lowest BCUT2D eigenvalue weighted by Crippen LogP contribution is -2.34. The maximum atomic E-state index is 6.14. The minimum absolute atomic E-state index is 0.572. The van der Waals surface area contributed by atoms with Gasteiger partial charge in [0.1, 0.15) is 0 Å². The van der Waals surface area contributed by atoms with E-state index in [1.165, 1.54) is 24.1 Å². The largest absolute Gasteiger partial charge is 0.382 e. The van der Waals surface area contributed by atoms with E-state index in [0.29, 0.717) is 12.0 Å². The van der Waals surface area contributed by atoms with Crippen molar-refractivity contribution in [3.63, 3.8) is 0 Å². The van der Waals surface area contributed by atoms with Crippen LogP contribution in [-0.2, 0) is 0 Å². The highest BCUT2D eigenvalue weighted by Crippen LogP contribution is 2.39. The van der Waals surface area contributed by atoms with E-state index in [1.54, 1.807) is 0 Å². The number of nitrogens with one attached hydrogen (secondary N) is 1. The van der Waals surface area contributed by atoms with E-state index in [1.807, 2.05) is 12.1 Å². The molecule has 3 rings (SSSR count). The van der Waals surface area contributed by atoms with Crippen LogP contribution in [0, 0.1) is 6.92 Å². The Hall–Kier alpha value is -1.47. The molecular weight excluding hydrogens is 254 g/mol. The van der Waals surface area contributed by atoms with Crippen LogP contribution in [-0.4, -0.2) is 6.04 Å². The molecule has 0 atom stereocenters. The highest BCUT2D eigenvalue weighted by molar-refractivity contribution is 6.31. The third-order valence-corrected chi connectivity index (χ3v) is 4.45. The van der Waals surface area contributed by atoms with E-state index in [2.05, 4.69) is 48.6 Å². The van der Waals surface area contributed by atoms with Crippen LogP contribution in [0.25, 0.3) is 0 Å². The number of hydrogen-bond donors (Lipinski definition) is 1. The lowest BCUT2D eigenvalue weighted by molar-refractivity contribution is 0.374. The summed E-state index contributed by atoms with van der Waals surface area (Å²) in [6.45, 7) is 2.07. The summed E-state index contributed by atoms with van der Waals surface area (Å²) < 4.78 is 0. The lowest BCUT2D eigenvalue weighted by atomic mass is 9.76. The Labute approximate surface area is 119 Å². The van der Waals surface area contributed by atoms with Crippen LogP contribution in [0.3, 0.4) is 0 Å². The van der Waals surface area contributed by atoms with Crippen molar-refractivity contribution >= 4 is 17.3 Å². The summed E-state index contributed by atoms with van der Waals surface area (Å²) in [5.74, 6) is 0.707. The van der Waals surface area contributed by atoms with Crippen molar-refractivity contribution in [2.24, 2.45) is 0 Å². The predicted molar refractivity (Wildman–Crippen MR) is 82.0 cm³/mol. The van der Waals surface area contributed by atoms with Gasteiger partial charge < -0.3 is 5.32 Å². The van der Waals surface area contributed by atoms with E-state index >= 15 is 0 Å². The average Bonchev–Trinajstić information content (AvgIpc) is 2.39. The fraction of sp³-hybridized carbons (Fsp3) is 0.294. The Bertz CT molecular complexity index is 559. The molecule has 0 aliphatic heterocycles. The van der Waals surface area contributed by atoms with Gasteiger partial charge in [-0.15, -0.1) is 0 Å². The van der Waals surface area contributed by atoms with Gasteiger partial charge in [0.25, 0.3) is 0 Å². The minimum atomic E-state index is 0.572. The van der Waals surface area contributed by atoms with Gasteiger partial charge in [-0.1, -0.05) is 48.0 Å². The third-order valence-electron chi connectivity index (χ3n) is 4.04. The Kier molecular flexibility index (Phi) is 3.48. The number of hydrogen-bond acceptors (Lipinski definition) is 1. The topological polar surface area (TPSA) is 12.0 Å². The van der Waals surface area contributed by atoms with Crippen molar-refractivity contribution in [1.82, 2.24) is 0 Å². The van der Waals surface area contributed by atoms with Crippen molar-refractivity contribution in [2.75, 3.05) is 5.32 Å². The van der Waals surface area contributed by atoms with Gasteiger partial charge in [-0.05, 0) is 48.9 Å². The summed E-state index contributed by atoms with van der Waals surface area (Å²) in [4.78, 5) is 0. The minimum Gasteiger partial charge on any atom is -0.382 e. The van der Waals surface area contributed by atoms with Gasteiger partial charge in [-0.3, -0.25) is 0 Å². The number of rotatable bonds is 3. The number of benzene rings is 2. The molecule has 1 aliphatic carbocycles. The Morgan fingerprint density at radius 1 is 1.00 bits per heavy atom. The van der Waals surface area contributed by atoms with Crippen LogP contribution >= 0.6 is 11.6 Å². The molecule has 1 N–H and O–H groups in total. The second-order valence-corrected chi connectivity index (χ2v) is 5.74. The molecule has 0 saturated heterocycles. The summed E-state index contributed by atoms with van der Waals surface area (Å²) >= 11 is 6.14. The molecule has 1 saturated carbocycles. The average molecular weight is 272 g/mol. The van der Waals surface area contributed by atoms with Crippen molar-refractivity contribution < 1.29 is 0 Å². The molecule has 0 radical (unpaired) electrons. The van der Waals surface area contributed by atoms with Gasteiger partial charge in [0, 0.05) is 16.8 Å². The first kappa shape index (κ1) is 12.6. The summed E-state index contributed by atoms with van der Waals surface area (Å²) in [6, 6.07) is 17.4. The van der Waals surface area contributed by atoms with Gasteiger partial charge in [0.15, 0.2) is 0 Å². The zero-order chi connectivity index (χ0) is 13.2. The summed E-state index contributed by atoms with van der Waals surface area (Å²) in [5, 5.41) is 4.44. The van der Waals surface area contributed by atoms with Crippen molar-refractivity contribution in [1.29, 1.82) is 0 Å². The SMILES string of the molecule is Cc1c(Cl)cccc1NC1CC(c2ccccc2)C1. The molecule has 19 heavy (non-hydrogen) atoms. The smallest absolute Gasteiger partial charge is 0.0455 e. The van der Waals surface area contributed by atoms with Crippen LogP contribution in [0.1, 0.15) is 29.9 Å². The molecule has 0 unspecified atom stereocenters. The first-order valence-electron chi connectivity index (χ1n) is 6.80. The molecule has 0 bridgehead atoms. The Balaban J connectivity index is 1.61. The Morgan fingerprint density at radius 3 is 2.47 bits per heavy atom. The Morgan fingerprint density at radius 2 is 1.74 bits per heavy atom. The molecule has 0 amide bonds. The van der Waals surface area contributed by atoms with Gasteiger partial charge in [0.05, 0.1) is 0 Å². The number of halogens is 1. The highest BCUT2D eigenvalue weighted by Gasteiger charge is 2.30. The van der Waals surface area contributed by atoms with Crippen molar-refractivity contribution in [2.45, 2.75) is 31.7 Å². The molecule has 2 aromatic rings. The maximum absolute atomic E-state index is 6.14. The normalized spacial score (nSPS) is 21.8. The van der Waals surface area contributed by atoms with Crippen LogP contribution in [0.2, 0.25) is 5.02 Å². The van der Waals surface area contributed by atoms with Gasteiger partial charge >= 0.3 is 0 Å². The maximum Gasteiger partial charge on any atom is 0.0455 e. The summed E-state index contributed by atoms with van der Waals surface area (Å²) in [5.41, 5.74) is 3.78. The van der Waals surface area contributed by atoms with Crippen LogP contribution in [0.15, 0.2) is 48.5 Å². The highest BCUT2D eigenvalue weighted by atomic mass is 35.5. The standard InChI is InChI=1S/C17H18ClN/c1-12-16(18)8-5-9-17(12)19-15-10-14(11-15)13-6-3-2-4-7-13/h2-9,14-15,19H,10-11H2,1H3. The van der Waals surface area contributed by atoms with Gasteiger partial charge in [0.2, 0.25) is 0 Å². The zero-order valence-electron chi connectivity index (χ0n) is 11.1. The monoisotopic (exact) mass is 271 g/mol. The molecule has 1 nitrogen and oxygen atoms in total. The molecule has 2 heteroatoms.